The first-order valence-electron chi connectivity index (χ1n) is 5.59. The van der Waals surface area contributed by atoms with E-state index in [0.717, 1.165) is 17.5 Å². The number of aliphatic imine (C=N–C) groups is 1. The van der Waals surface area contributed by atoms with Crippen LogP contribution in [0.3, 0.4) is 0 Å². The minimum absolute atomic E-state index is 0.331. The fourth-order valence-electron chi connectivity index (χ4n) is 2.29. The lowest BCUT2D eigenvalue weighted by Gasteiger charge is -2.21. The van der Waals surface area contributed by atoms with Crippen molar-refractivity contribution in [3.05, 3.63) is 35.4 Å². The highest BCUT2D eigenvalue weighted by atomic mass is 32.1. The Kier molecular flexibility index (Phi) is 3.36. The Morgan fingerprint density at radius 1 is 1.59 bits per heavy atom. The molecule has 17 heavy (non-hydrogen) atoms. The van der Waals surface area contributed by atoms with Gasteiger partial charge in [-0.25, -0.2) is 9.79 Å². The number of esters is 1. The lowest BCUT2D eigenvalue weighted by atomic mass is 9.93. The number of isothiocyanates is 1. The van der Waals surface area contributed by atoms with Gasteiger partial charge in [0.1, 0.15) is 0 Å². The molecule has 0 fully saturated rings. The van der Waals surface area contributed by atoms with Gasteiger partial charge in [0.15, 0.2) is 5.54 Å². The van der Waals surface area contributed by atoms with Gasteiger partial charge >= 0.3 is 5.97 Å². The van der Waals surface area contributed by atoms with E-state index in [1.165, 1.54) is 0 Å². The number of thiocarbonyl (C=S) groups is 1. The molecule has 0 aromatic heterocycles. The Hall–Kier alpha value is -1.51. The predicted octanol–water partition coefficient (Wildman–Crippen LogP) is 2.49. The first kappa shape index (κ1) is 12.0. The van der Waals surface area contributed by atoms with Crippen LogP contribution in [0.25, 0.3) is 0 Å². The van der Waals surface area contributed by atoms with Crippen LogP contribution in [0, 0.1) is 0 Å². The van der Waals surface area contributed by atoms with Crippen molar-refractivity contribution in [1.82, 2.24) is 0 Å². The number of carbonyl (C=O) groups is 1. The maximum absolute atomic E-state index is 12.1. The molecule has 88 valence electrons. The van der Waals surface area contributed by atoms with Crippen molar-refractivity contribution in [1.29, 1.82) is 0 Å². The number of nitrogens with zero attached hydrogens (tertiary/aromatic N) is 1. The van der Waals surface area contributed by atoms with Gasteiger partial charge in [0, 0.05) is 0 Å². The lowest BCUT2D eigenvalue weighted by molar-refractivity contribution is -0.149. The van der Waals surface area contributed by atoms with Gasteiger partial charge in [0.05, 0.1) is 11.8 Å². The van der Waals surface area contributed by atoms with Crippen molar-refractivity contribution in [3.8, 4) is 0 Å². The van der Waals surface area contributed by atoms with Gasteiger partial charge < -0.3 is 4.74 Å². The van der Waals surface area contributed by atoms with E-state index in [0.29, 0.717) is 13.0 Å². The summed E-state index contributed by atoms with van der Waals surface area (Å²) in [5.74, 6) is -0.331. The molecular weight excluding hydrogens is 234 g/mol. The van der Waals surface area contributed by atoms with Crippen molar-refractivity contribution in [3.63, 3.8) is 0 Å². The van der Waals surface area contributed by atoms with Crippen LogP contribution < -0.4 is 0 Å². The highest BCUT2D eigenvalue weighted by Crippen LogP contribution is 2.40. The van der Waals surface area contributed by atoms with E-state index < -0.39 is 5.54 Å². The van der Waals surface area contributed by atoms with Crippen LogP contribution in [0.2, 0.25) is 0 Å². The molecule has 4 heteroatoms. The third kappa shape index (κ3) is 1.90. The first-order valence-corrected chi connectivity index (χ1v) is 6.00. The second kappa shape index (κ2) is 4.78. The molecule has 0 heterocycles. The monoisotopic (exact) mass is 247 g/mol. The molecule has 0 radical (unpaired) electrons. The van der Waals surface area contributed by atoms with Crippen LogP contribution in [0.4, 0.5) is 0 Å². The van der Waals surface area contributed by atoms with E-state index in [-0.39, 0.29) is 5.97 Å². The number of benzene rings is 1. The summed E-state index contributed by atoms with van der Waals surface area (Å²) in [7, 11) is 0. The molecule has 1 aromatic carbocycles. The summed E-state index contributed by atoms with van der Waals surface area (Å²) in [6, 6.07) is 7.78. The molecule has 1 atom stereocenters. The standard InChI is InChI=1S/C13H13NO2S/c1-2-16-12(15)13(14-9-17)8-7-10-5-3-4-6-11(10)13/h3-6H,2,7-8H2,1H3. The fourth-order valence-corrected chi connectivity index (χ4v) is 2.45. The highest BCUT2D eigenvalue weighted by Gasteiger charge is 2.46. The van der Waals surface area contributed by atoms with Crippen LogP contribution in [-0.2, 0) is 21.5 Å². The maximum atomic E-state index is 12.1. The topological polar surface area (TPSA) is 38.7 Å². The number of hydrogen-bond acceptors (Lipinski definition) is 4. The predicted molar refractivity (Wildman–Crippen MR) is 68.1 cm³/mol. The van der Waals surface area contributed by atoms with Gasteiger partial charge in [-0.1, -0.05) is 24.3 Å². The molecule has 1 aliphatic rings. The number of fused-ring (bicyclic) bond motifs is 1. The third-order valence-electron chi connectivity index (χ3n) is 3.07. The summed E-state index contributed by atoms with van der Waals surface area (Å²) in [5.41, 5.74) is 1.07. The lowest BCUT2D eigenvalue weighted by Crippen LogP contribution is -2.33. The molecule has 2 rings (SSSR count). The largest absolute Gasteiger partial charge is 0.464 e. The second-order valence-corrected chi connectivity index (χ2v) is 4.12. The van der Waals surface area contributed by atoms with E-state index >= 15 is 0 Å². The van der Waals surface area contributed by atoms with Gasteiger partial charge in [-0.05, 0) is 43.1 Å². The van der Waals surface area contributed by atoms with E-state index in [1.54, 1.807) is 6.92 Å². The molecule has 0 N–H and O–H groups in total. The zero-order chi connectivity index (χ0) is 12.3. The van der Waals surface area contributed by atoms with Crippen LogP contribution >= 0.6 is 12.2 Å². The second-order valence-electron chi connectivity index (χ2n) is 3.94. The van der Waals surface area contributed by atoms with Crippen LogP contribution in [0.1, 0.15) is 24.5 Å². The molecule has 3 nitrogen and oxygen atoms in total. The summed E-state index contributed by atoms with van der Waals surface area (Å²) < 4.78 is 5.12. The van der Waals surface area contributed by atoms with Crippen LogP contribution in [0.5, 0.6) is 0 Å². The maximum Gasteiger partial charge on any atom is 0.339 e. The minimum atomic E-state index is -0.964. The number of aryl methyl sites for hydroxylation is 1. The summed E-state index contributed by atoms with van der Waals surface area (Å²) in [5, 5.41) is 2.34. The Balaban J connectivity index is 2.51. The summed E-state index contributed by atoms with van der Waals surface area (Å²) in [4.78, 5) is 16.2. The van der Waals surface area contributed by atoms with Crippen molar-refractivity contribution >= 4 is 23.3 Å². The van der Waals surface area contributed by atoms with Crippen molar-refractivity contribution in [2.45, 2.75) is 25.3 Å². The zero-order valence-corrected chi connectivity index (χ0v) is 10.4. The van der Waals surface area contributed by atoms with E-state index in [1.807, 2.05) is 24.3 Å². The zero-order valence-electron chi connectivity index (χ0n) is 9.60. The Morgan fingerprint density at radius 2 is 2.35 bits per heavy atom. The molecule has 0 spiro atoms. The average Bonchev–Trinajstić information content (AvgIpc) is 2.71. The fraction of sp³-hybridized carbons (Fsp3) is 0.385. The highest BCUT2D eigenvalue weighted by molar-refractivity contribution is 7.78. The number of carbonyl (C=O) groups excluding carboxylic acids is 1. The van der Waals surface area contributed by atoms with Gasteiger partial charge in [-0.3, -0.25) is 0 Å². The normalized spacial score (nSPS) is 21.5. The Labute approximate surface area is 106 Å². The average molecular weight is 247 g/mol. The Morgan fingerprint density at radius 3 is 3.06 bits per heavy atom. The molecule has 1 unspecified atom stereocenters. The first-order chi connectivity index (χ1) is 8.24. The van der Waals surface area contributed by atoms with E-state index in [4.69, 9.17) is 4.74 Å². The van der Waals surface area contributed by atoms with Gasteiger partial charge in [-0.2, -0.15) is 0 Å². The quantitative estimate of drug-likeness (QED) is 0.468. The summed E-state index contributed by atoms with van der Waals surface area (Å²) in [6.45, 7) is 2.13. The molecule has 0 aliphatic heterocycles. The van der Waals surface area contributed by atoms with Gasteiger partial charge in [0.25, 0.3) is 0 Å². The molecule has 1 aromatic rings. The number of rotatable bonds is 3. The molecule has 0 saturated heterocycles. The number of ether oxygens (including phenoxy) is 1. The molecule has 0 amide bonds. The van der Waals surface area contributed by atoms with E-state index in [2.05, 4.69) is 22.4 Å². The molecule has 0 saturated carbocycles. The van der Waals surface area contributed by atoms with Crippen molar-refractivity contribution in [2.75, 3.05) is 6.61 Å². The molecular formula is C13H13NO2S. The molecule has 1 aliphatic carbocycles. The van der Waals surface area contributed by atoms with Crippen molar-refractivity contribution < 1.29 is 9.53 Å². The third-order valence-corrected chi connectivity index (χ3v) is 3.16. The smallest absolute Gasteiger partial charge is 0.339 e. The summed E-state index contributed by atoms with van der Waals surface area (Å²) in [6.07, 6.45) is 1.42. The SMILES string of the molecule is CCOC(=O)C1(N=C=S)CCc2ccccc21. The minimum Gasteiger partial charge on any atom is -0.464 e. The Bertz CT molecular complexity index is 494. The van der Waals surface area contributed by atoms with E-state index in [9.17, 15) is 4.79 Å². The summed E-state index contributed by atoms with van der Waals surface area (Å²) >= 11 is 4.67. The molecule has 0 bridgehead atoms. The van der Waals surface area contributed by atoms with Gasteiger partial charge in [-0.15, -0.1) is 0 Å². The van der Waals surface area contributed by atoms with Crippen LogP contribution in [0.15, 0.2) is 29.3 Å². The van der Waals surface area contributed by atoms with Gasteiger partial charge in [0.2, 0.25) is 0 Å². The number of hydrogen-bond donors (Lipinski definition) is 0. The van der Waals surface area contributed by atoms with Crippen molar-refractivity contribution in [2.24, 2.45) is 4.99 Å². The van der Waals surface area contributed by atoms with Crippen LogP contribution in [-0.4, -0.2) is 17.7 Å².